The maximum atomic E-state index is 12.7. The number of carboxylic acid groups (broad SMARTS) is 1. The monoisotopic (exact) mass is 321 g/mol. The van der Waals surface area contributed by atoms with Crippen molar-refractivity contribution in [2.24, 2.45) is 0 Å². The molecular weight excluding hydrogens is 306 g/mol. The van der Waals surface area contributed by atoms with Crippen LogP contribution in [0.3, 0.4) is 0 Å². The Hall–Kier alpha value is -2.35. The number of aromatic amines is 1. The van der Waals surface area contributed by atoms with Gasteiger partial charge in [0, 0.05) is 12.5 Å². The molecule has 8 heteroatoms. The second-order valence-corrected chi connectivity index (χ2v) is 7.05. The van der Waals surface area contributed by atoms with Gasteiger partial charge < -0.3 is 10.1 Å². The molecule has 0 fully saturated rings. The van der Waals surface area contributed by atoms with Gasteiger partial charge in [0.25, 0.3) is 10.0 Å². The lowest BCUT2D eigenvalue weighted by Crippen LogP contribution is -2.30. The van der Waals surface area contributed by atoms with Crippen LogP contribution in [0.1, 0.15) is 23.7 Å². The molecule has 0 amide bonds. The molecule has 1 aromatic heterocycles. The first kappa shape index (κ1) is 14.6. The topological polar surface area (TPSA) is 103 Å². The number of aromatic nitrogens is 2. The first-order valence-electron chi connectivity index (χ1n) is 6.74. The maximum absolute atomic E-state index is 12.7. The van der Waals surface area contributed by atoms with Crippen LogP contribution in [0.5, 0.6) is 0 Å². The van der Waals surface area contributed by atoms with Crippen LogP contribution in [-0.4, -0.2) is 36.0 Å². The Morgan fingerprint density at radius 1 is 1.45 bits per heavy atom. The van der Waals surface area contributed by atoms with E-state index in [2.05, 4.69) is 9.97 Å². The van der Waals surface area contributed by atoms with Crippen LogP contribution < -0.4 is 4.31 Å². The smallest absolute Gasteiger partial charge is 0.304 e. The molecule has 116 valence electrons. The molecule has 2 heterocycles. The first-order chi connectivity index (χ1) is 10.4. The van der Waals surface area contributed by atoms with Crippen molar-refractivity contribution in [2.45, 2.75) is 24.3 Å². The van der Waals surface area contributed by atoms with Crippen molar-refractivity contribution in [2.75, 3.05) is 10.8 Å². The highest BCUT2D eigenvalue weighted by atomic mass is 32.2. The Balaban J connectivity index is 2.04. The summed E-state index contributed by atoms with van der Waals surface area (Å²) in [4.78, 5) is 17.7. The largest absolute Gasteiger partial charge is 0.481 e. The molecule has 3 rings (SSSR count). The summed E-state index contributed by atoms with van der Waals surface area (Å²) in [6, 6.07) is 6.99. The number of sulfonamides is 1. The summed E-state index contributed by atoms with van der Waals surface area (Å²) in [5.74, 6) is -0.794. The van der Waals surface area contributed by atoms with Gasteiger partial charge in [-0.3, -0.25) is 9.10 Å². The molecule has 0 aliphatic carbocycles. The van der Waals surface area contributed by atoms with E-state index in [1.807, 2.05) is 0 Å². The predicted octanol–water partition coefficient (Wildman–Crippen LogP) is 1.49. The Kier molecular flexibility index (Phi) is 3.40. The number of anilines is 1. The van der Waals surface area contributed by atoms with Gasteiger partial charge in [0.1, 0.15) is 5.82 Å². The summed E-state index contributed by atoms with van der Waals surface area (Å²) in [6.45, 7) is 1.79. The molecule has 2 aromatic rings. The van der Waals surface area contributed by atoms with Crippen molar-refractivity contribution >= 4 is 21.7 Å². The van der Waals surface area contributed by atoms with E-state index in [4.69, 9.17) is 5.11 Å². The quantitative estimate of drug-likeness (QED) is 0.888. The van der Waals surface area contributed by atoms with Gasteiger partial charge in [0.05, 0.1) is 18.3 Å². The van der Waals surface area contributed by atoms with Gasteiger partial charge in [0.15, 0.2) is 5.03 Å². The number of benzene rings is 1. The van der Waals surface area contributed by atoms with Crippen LogP contribution in [0.15, 0.2) is 35.5 Å². The van der Waals surface area contributed by atoms with Crippen molar-refractivity contribution in [3.05, 3.63) is 41.9 Å². The summed E-state index contributed by atoms with van der Waals surface area (Å²) in [5, 5.41) is 9.03. The number of hydrogen-bond acceptors (Lipinski definition) is 4. The standard InChI is InChI=1S/C14H15N3O4S/c1-9-15-7-13(16-9)22(20,21)17-8-10(6-14(18)19)11-4-2-3-5-12(11)17/h2-5,7,10H,6,8H2,1H3,(H,15,16)(H,18,19)/t10-/m0/s1. The van der Waals surface area contributed by atoms with Gasteiger partial charge in [-0.15, -0.1) is 0 Å². The highest BCUT2D eigenvalue weighted by Crippen LogP contribution is 2.40. The number of para-hydroxylation sites is 1. The third kappa shape index (κ3) is 2.35. The molecule has 1 aliphatic rings. The van der Waals surface area contributed by atoms with Crippen LogP contribution in [0.2, 0.25) is 0 Å². The zero-order valence-electron chi connectivity index (χ0n) is 11.9. The third-order valence-electron chi connectivity index (χ3n) is 3.70. The minimum absolute atomic E-state index is 0.00998. The minimum Gasteiger partial charge on any atom is -0.481 e. The molecule has 0 saturated heterocycles. The van der Waals surface area contributed by atoms with Gasteiger partial charge in [-0.2, -0.15) is 8.42 Å². The number of nitrogens with zero attached hydrogens (tertiary/aromatic N) is 2. The molecule has 0 unspecified atom stereocenters. The van der Waals surface area contributed by atoms with E-state index in [1.54, 1.807) is 31.2 Å². The summed E-state index contributed by atoms with van der Waals surface area (Å²) in [5.41, 5.74) is 1.27. The highest BCUT2D eigenvalue weighted by Gasteiger charge is 2.37. The van der Waals surface area contributed by atoms with Crippen molar-refractivity contribution in [3.63, 3.8) is 0 Å². The fourth-order valence-corrected chi connectivity index (χ4v) is 4.22. The molecule has 1 aliphatic heterocycles. The zero-order valence-corrected chi connectivity index (χ0v) is 12.7. The number of aliphatic carboxylic acids is 1. The van der Waals surface area contributed by atoms with Gasteiger partial charge in [-0.25, -0.2) is 4.98 Å². The summed E-state index contributed by atoms with van der Waals surface area (Å²) < 4.78 is 26.8. The van der Waals surface area contributed by atoms with Crippen LogP contribution in [0.25, 0.3) is 0 Å². The number of carbonyl (C=O) groups is 1. The molecule has 1 aromatic carbocycles. The number of H-pyrrole nitrogens is 1. The Morgan fingerprint density at radius 3 is 2.82 bits per heavy atom. The van der Waals surface area contributed by atoms with E-state index < -0.39 is 16.0 Å². The molecule has 0 bridgehead atoms. The van der Waals surface area contributed by atoms with E-state index in [-0.39, 0.29) is 23.9 Å². The zero-order chi connectivity index (χ0) is 15.9. The first-order valence-corrected chi connectivity index (χ1v) is 8.18. The number of carboxylic acids is 1. The number of fused-ring (bicyclic) bond motifs is 1. The van der Waals surface area contributed by atoms with Crippen LogP contribution >= 0.6 is 0 Å². The number of hydrogen-bond donors (Lipinski definition) is 2. The van der Waals surface area contributed by atoms with Crippen LogP contribution in [0, 0.1) is 6.92 Å². The van der Waals surface area contributed by atoms with E-state index >= 15 is 0 Å². The molecule has 0 spiro atoms. The average Bonchev–Trinajstić information content (AvgIpc) is 3.04. The Labute approximate surface area is 127 Å². The normalized spacial score (nSPS) is 17.5. The van der Waals surface area contributed by atoms with Crippen LogP contribution in [-0.2, 0) is 14.8 Å². The number of nitrogens with one attached hydrogen (secondary N) is 1. The summed E-state index contributed by atoms with van der Waals surface area (Å²) >= 11 is 0. The van der Waals surface area contributed by atoms with E-state index in [0.717, 1.165) is 5.56 Å². The molecule has 7 nitrogen and oxygen atoms in total. The lowest BCUT2D eigenvalue weighted by molar-refractivity contribution is -0.137. The molecular formula is C14H15N3O4S. The lowest BCUT2D eigenvalue weighted by atomic mass is 9.98. The fraction of sp³-hybridized carbons (Fsp3) is 0.286. The van der Waals surface area contributed by atoms with E-state index in [9.17, 15) is 13.2 Å². The highest BCUT2D eigenvalue weighted by molar-refractivity contribution is 7.92. The Morgan fingerprint density at radius 2 is 2.18 bits per heavy atom. The second-order valence-electron chi connectivity index (χ2n) is 5.22. The second kappa shape index (κ2) is 5.13. The van der Waals surface area contributed by atoms with E-state index in [0.29, 0.717) is 11.5 Å². The van der Waals surface area contributed by atoms with Crippen LogP contribution in [0.4, 0.5) is 5.69 Å². The SMILES string of the molecule is Cc1ncc(S(=O)(=O)N2C[C@H](CC(=O)O)c3ccccc32)[nH]1. The molecule has 2 N–H and O–H groups in total. The molecule has 0 radical (unpaired) electrons. The Bertz CT molecular complexity index is 828. The number of rotatable bonds is 4. The fourth-order valence-electron chi connectivity index (χ4n) is 2.72. The summed E-state index contributed by atoms with van der Waals surface area (Å²) in [7, 11) is -3.78. The maximum Gasteiger partial charge on any atom is 0.304 e. The third-order valence-corrected chi connectivity index (χ3v) is 5.39. The van der Waals surface area contributed by atoms with Crippen molar-refractivity contribution < 1.29 is 18.3 Å². The number of imidazole rings is 1. The average molecular weight is 321 g/mol. The van der Waals surface area contributed by atoms with Gasteiger partial charge in [-0.1, -0.05) is 18.2 Å². The van der Waals surface area contributed by atoms with E-state index in [1.165, 1.54) is 10.5 Å². The molecule has 0 saturated carbocycles. The van der Waals surface area contributed by atoms with Gasteiger partial charge in [0.2, 0.25) is 0 Å². The van der Waals surface area contributed by atoms with Crippen molar-refractivity contribution in [1.82, 2.24) is 9.97 Å². The van der Waals surface area contributed by atoms with Gasteiger partial charge in [-0.05, 0) is 18.6 Å². The van der Waals surface area contributed by atoms with Crippen molar-refractivity contribution in [1.29, 1.82) is 0 Å². The van der Waals surface area contributed by atoms with Crippen molar-refractivity contribution in [3.8, 4) is 0 Å². The lowest BCUT2D eigenvalue weighted by Gasteiger charge is -2.18. The number of aryl methyl sites for hydroxylation is 1. The minimum atomic E-state index is -3.78. The predicted molar refractivity (Wildman–Crippen MR) is 79.3 cm³/mol. The molecule has 22 heavy (non-hydrogen) atoms. The van der Waals surface area contributed by atoms with Gasteiger partial charge >= 0.3 is 5.97 Å². The summed E-state index contributed by atoms with van der Waals surface area (Å²) in [6.07, 6.45) is 1.17. The molecule has 1 atom stereocenters.